The fourth-order valence-electron chi connectivity index (χ4n) is 2.13. The van der Waals surface area contributed by atoms with Crippen LogP contribution in [0.1, 0.15) is 15.9 Å². The number of para-hydroxylation sites is 1. The summed E-state index contributed by atoms with van der Waals surface area (Å²) in [6, 6.07) is 7.09. The predicted octanol–water partition coefficient (Wildman–Crippen LogP) is 3.95. The van der Waals surface area contributed by atoms with Crippen LogP contribution in [-0.4, -0.2) is 27.3 Å². The molecule has 0 radical (unpaired) electrons. The lowest BCUT2D eigenvalue weighted by Crippen LogP contribution is -2.14. The fraction of sp³-hybridized carbons (Fsp3) is 0.235. The lowest BCUT2D eigenvalue weighted by Gasteiger charge is -2.15. The summed E-state index contributed by atoms with van der Waals surface area (Å²) in [6.45, 7) is 0. The summed E-state index contributed by atoms with van der Waals surface area (Å²) < 4.78 is 59.2. The molecule has 8 heteroatoms. The number of ether oxygens (including phenoxy) is 4. The molecule has 5 nitrogen and oxygen atoms in total. The highest BCUT2D eigenvalue weighted by molar-refractivity contribution is 5.95. The van der Waals surface area contributed by atoms with Gasteiger partial charge >= 0.3 is 12.1 Å². The molecule has 0 fully saturated rings. The number of methoxy groups -OCH3 is 3. The van der Waals surface area contributed by atoms with E-state index in [0.717, 1.165) is 12.1 Å². The maximum absolute atomic E-state index is 13.0. The molecule has 0 saturated carbocycles. The Kier molecular flexibility index (Phi) is 5.41. The largest absolute Gasteiger partial charge is 0.496 e. The molecule has 0 heterocycles. The SMILES string of the molecule is COc1cc(OC)c(C(=O)Oc2ccccc2C(F)(F)F)cc1OC. The van der Waals surface area contributed by atoms with Crippen LogP contribution in [0.3, 0.4) is 0 Å². The molecule has 25 heavy (non-hydrogen) atoms. The van der Waals surface area contributed by atoms with Crippen LogP contribution in [0, 0.1) is 0 Å². The van der Waals surface area contributed by atoms with Gasteiger partial charge in [-0.1, -0.05) is 12.1 Å². The molecule has 0 amide bonds. The number of hydrogen-bond donors (Lipinski definition) is 0. The van der Waals surface area contributed by atoms with Crippen LogP contribution in [0.2, 0.25) is 0 Å². The third-order valence-electron chi connectivity index (χ3n) is 3.32. The van der Waals surface area contributed by atoms with Gasteiger partial charge in [-0.3, -0.25) is 0 Å². The Morgan fingerprint density at radius 2 is 1.40 bits per heavy atom. The van der Waals surface area contributed by atoms with Crippen LogP contribution < -0.4 is 18.9 Å². The van der Waals surface area contributed by atoms with Gasteiger partial charge in [0.05, 0.1) is 26.9 Å². The van der Waals surface area contributed by atoms with Crippen LogP contribution in [0.25, 0.3) is 0 Å². The van der Waals surface area contributed by atoms with Crippen LogP contribution in [0.5, 0.6) is 23.0 Å². The zero-order valence-corrected chi connectivity index (χ0v) is 13.6. The summed E-state index contributed by atoms with van der Waals surface area (Å²) in [5.41, 5.74) is -1.15. The molecule has 2 rings (SSSR count). The topological polar surface area (TPSA) is 54.0 Å². The van der Waals surface area contributed by atoms with Gasteiger partial charge < -0.3 is 18.9 Å². The van der Waals surface area contributed by atoms with E-state index >= 15 is 0 Å². The van der Waals surface area contributed by atoms with Gasteiger partial charge in [0.2, 0.25) is 0 Å². The van der Waals surface area contributed by atoms with E-state index in [1.165, 1.54) is 45.6 Å². The third kappa shape index (κ3) is 3.96. The van der Waals surface area contributed by atoms with Gasteiger partial charge in [0.25, 0.3) is 0 Å². The van der Waals surface area contributed by atoms with Crippen molar-refractivity contribution in [1.82, 2.24) is 0 Å². The van der Waals surface area contributed by atoms with Gasteiger partial charge in [0.1, 0.15) is 17.1 Å². The van der Waals surface area contributed by atoms with Gasteiger partial charge in [0.15, 0.2) is 11.5 Å². The summed E-state index contributed by atoms with van der Waals surface area (Å²) in [5, 5.41) is 0. The standard InChI is InChI=1S/C17H15F3O5/c1-22-13-9-15(24-3)14(23-2)8-10(13)16(21)25-12-7-5-4-6-11(12)17(18,19)20/h4-9H,1-3H3. The first-order valence-electron chi connectivity index (χ1n) is 7.00. The molecule has 0 aliphatic carbocycles. The van der Waals surface area contributed by atoms with Crippen molar-refractivity contribution in [2.75, 3.05) is 21.3 Å². The number of alkyl halides is 3. The van der Waals surface area contributed by atoms with E-state index in [1.807, 2.05) is 0 Å². The number of esters is 1. The average molecular weight is 356 g/mol. The summed E-state index contributed by atoms with van der Waals surface area (Å²) in [6.07, 6.45) is -4.65. The highest BCUT2D eigenvalue weighted by Crippen LogP contribution is 2.38. The van der Waals surface area contributed by atoms with Crippen molar-refractivity contribution in [2.24, 2.45) is 0 Å². The number of rotatable bonds is 5. The molecule has 0 unspecified atom stereocenters. The van der Waals surface area contributed by atoms with Gasteiger partial charge in [-0.2, -0.15) is 13.2 Å². The molecule has 0 atom stereocenters. The quantitative estimate of drug-likeness (QED) is 0.600. The van der Waals surface area contributed by atoms with Crippen LogP contribution in [0.15, 0.2) is 36.4 Å². The summed E-state index contributed by atoms with van der Waals surface area (Å²) in [5.74, 6) is -1.04. The van der Waals surface area contributed by atoms with Gasteiger partial charge in [-0.25, -0.2) is 4.79 Å². The molecule has 134 valence electrons. The molecular weight excluding hydrogens is 341 g/mol. The van der Waals surface area contributed by atoms with Gasteiger partial charge in [-0.15, -0.1) is 0 Å². The molecule has 2 aromatic carbocycles. The zero-order valence-electron chi connectivity index (χ0n) is 13.6. The minimum Gasteiger partial charge on any atom is -0.496 e. The highest BCUT2D eigenvalue weighted by atomic mass is 19.4. The Balaban J connectivity index is 2.43. The first-order chi connectivity index (χ1) is 11.8. The minimum absolute atomic E-state index is 0.0761. The van der Waals surface area contributed by atoms with Crippen LogP contribution in [0.4, 0.5) is 13.2 Å². The van der Waals surface area contributed by atoms with Crippen molar-refractivity contribution in [2.45, 2.75) is 6.18 Å². The van der Waals surface area contributed by atoms with Crippen LogP contribution in [-0.2, 0) is 6.18 Å². The Labute approximate surface area is 141 Å². The second-order valence-electron chi connectivity index (χ2n) is 4.79. The number of carbonyl (C=O) groups excluding carboxylic acids is 1. The number of halogens is 3. The van der Waals surface area contributed by atoms with Crippen molar-refractivity contribution in [3.8, 4) is 23.0 Å². The third-order valence-corrected chi connectivity index (χ3v) is 3.32. The van der Waals surface area contributed by atoms with E-state index in [9.17, 15) is 18.0 Å². The van der Waals surface area contributed by atoms with E-state index in [2.05, 4.69) is 0 Å². The fourth-order valence-corrected chi connectivity index (χ4v) is 2.13. The molecule has 0 saturated heterocycles. The number of hydrogen-bond acceptors (Lipinski definition) is 5. The second kappa shape index (κ2) is 7.33. The first kappa shape index (κ1) is 18.4. The summed E-state index contributed by atoms with van der Waals surface area (Å²) in [4.78, 5) is 12.4. The van der Waals surface area contributed by atoms with Crippen molar-refractivity contribution < 1.29 is 36.9 Å². The Morgan fingerprint density at radius 3 is 1.96 bits per heavy atom. The van der Waals surface area contributed by atoms with E-state index in [4.69, 9.17) is 18.9 Å². The van der Waals surface area contributed by atoms with Crippen molar-refractivity contribution in [3.63, 3.8) is 0 Å². The maximum Gasteiger partial charge on any atom is 0.419 e. The van der Waals surface area contributed by atoms with Crippen molar-refractivity contribution >= 4 is 5.97 Å². The number of carbonyl (C=O) groups is 1. The zero-order chi connectivity index (χ0) is 18.6. The summed E-state index contributed by atoms with van der Waals surface area (Å²) in [7, 11) is 4.06. The molecular formula is C17H15F3O5. The smallest absolute Gasteiger partial charge is 0.419 e. The molecule has 0 aliphatic rings. The molecule has 0 aliphatic heterocycles. The normalized spacial score (nSPS) is 11.0. The van der Waals surface area contributed by atoms with Gasteiger partial charge in [0, 0.05) is 12.1 Å². The maximum atomic E-state index is 13.0. The highest BCUT2D eigenvalue weighted by Gasteiger charge is 2.35. The molecule has 0 aromatic heterocycles. The van der Waals surface area contributed by atoms with E-state index in [0.29, 0.717) is 5.75 Å². The Morgan fingerprint density at radius 1 is 0.840 bits per heavy atom. The molecule has 2 aromatic rings. The lowest BCUT2D eigenvalue weighted by molar-refractivity contribution is -0.138. The lowest BCUT2D eigenvalue weighted by atomic mass is 10.1. The predicted molar refractivity (Wildman–Crippen MR) is 82.5 cm³/mol. The Bertz CT molecular complexity index is 771. The monoisotopic (exact) mass is 356 g/mol. The summed E-state index contributed by atoms with van der Waals surface area (Å²) >= 11 is 0. The minimum atomic E-state index is -4.65. The average Bonchev–Trinajstić information content (AvgIpc) is 2.59. The van der Waals surface area contributed by atoms with E-state index in [-0.39, 0.29) is 17.1 Å². The van der Waals surface area contributed by atoms with Gasteiger partial charge in [-0.05, 0) is 12.1 Å². The second-order valence-corrected chi connectivity index (χ2v) is 4.79. The first-order valence-corrected chi connectivity index (χ1v) is 7.00. The molecule has 0 spiro atoms. The van der Waals surface area contributed by atoms with E-state index in [1.54, 1.807) is 0 Å². The van der Waals surface area contributed by atoms with E-state index < -0.39 is 23.5 Å². The van der Waals surface area contributed by atoms with Crippen molar-refractivity contribution in [3.05, 3.63) is 47.5 Å². The van der Waals surface area contributed by atoms with Crippen molar-refractivity contribution in [1.29, 1.82) is 0 Å². The molecule has 0 bridgehead atoms. The molecule has 0 N–H and O–H groups in total. The van der Waals surface area contributed by atoms with Crippen LogP contribution >= 0.6 is 0 Å². The number of benzene rings is 2. The Hall–Kier alpha value is -2.90.